The highest BCUT2D eigenvalue weighted by molar-refractivity contribution is 5.81. The molecule has 1 aromatic rings. The number of carbonyl (C=O) groups excluding carboxylic acids is 1. The maximum Gasteiger partial charge on any atom is 0.430 e. The Labute approximate surface area is 150 Å². The number of nitrogens with zero attached hydrogens (tertiary/aromatic N) is 4. The minimum atomic E-state index is -0.337. The summed E-state index contributed by atoms with van der Waals surface area (Å²) in [5.74, 6) is 0. The van der Waals surface area contributed by atoms with Crippen molar-refractivity contribution in [3.8, 4) is 0 Å². The average Bonchev–Trinajstić information content (AvgIpc) is 2.99. The average molecular weight is 344 g/mol. The quantitative estimate of drug-likeness (QED) is 0.562. The molecule has 2 aliphatic rings. The van der Waals surface area contributed by atoms with Crippen molar-refractivity contribution in [3.63, 3.8) is 0 Å². The monoisotopic (exact) mass is 344 g/mol. The second-order valence-electron chi connectivity index (χ2n) is 6.88. The third kappa shape index (κ3) is 5.54. The summed E-state index contributed by atoms with van der Waals surface area (Å²) in [7, 11) is 2.18. The van der Waals surface area contributed by atoms with Gasteiger partial charge in [0.25, 0.3) is 0 Å². The lowest BCUT2D eigenvalue weighted by molar-refractivity contribution is 0.125. The first kappa shape index (κ1) is 17.9. The van der Waals surface area contributed by atoms with Crippen LogP contribution in [0.2, 0.25) is 0 Å². The van der Waals surface area contributed by atoms with Crippen molar-refractivity contribution >= 4 is 12.3 Å². The molecule has 0 bridgehead atoms. The van der Waals surface area contributed by atoms with E-state index in [2.05, 4.69) is 21.9 Å². The fourth-order valence-corrected chi connectivity index (χ4v) is 3.21. The molecule has 6 heteroatoms. The molecular weight excluding hydrogens is 316 g/mol. The maximum atomic E-state index is 11.9. The second-order valence-corrected chi connectivity index (χ2v) is 6.88. The van der Waals surface area contributed by atoms with Gasteiger partial charge in [-0.15, -0.1) is 0 Å². The van der Waals surface area contributed by atoms with Crippen molar-refractivity contribution in [2.75, 3.05) is 46.3 Å². The van der Waals surface area contributed by atoms with Gasteiger partial charge in [-0.2, -0.15) is 10.1 Å². The first-order chi connectivity index (χ1) is 12.2. The number of ether oxygens (including phenoxy) is 1. The third-order valence-corrected chi connectivity index (χ3v) is 4.85. The summed E-state index contributed by atoms with van der Waals surface area (Å²) in [6.07, 6.45) is 4.49. The lowest BCUT2D eigenvalue weighted by Crippen LogP contribution is -2.44. The summed E-state index contributed by atoms with van der Waals surface area (Å²) in [5, 5.41) is 5.68. The largest absolute Gasteiger partial charge is 0.443 e. The molecule has 2 heterocycles. The van der Waals surface area contributed by atoms with E-state index < -0.39 is 0 Å². The second kappa shape index (κ2) is 8.97. The number of hydrazone groups is 1. The van der Waals surface area contributed by atoms with Crippen LogP contribution in [-0.2, 0) is 4.74 Å². The normalized spacial score (nSPS) is 22.7. The van der Waals surface area contributed by atoms with Crippen LogP contribution in [0.15, 0.2) is 35.4 Å². The van der Waals surface area contributed by atoms with Gasteiger partial charge in [-0.05, 0) is 38.4 Å². The van der Waals surface area contributed by atoms with E-state index in [4.69, 9.17) is 4.74 Å². The van der Waals surface area contributed by atoms with Crippen LogP contribution in [0, 0.1) is 0 Å². The van der Waals surface area contributed by atoms with Gasteiger partial charge in [0.1, 0.15) is 6.10 Å². The van der Waals surface area contributed by atoms with Gasteiger partial charge in [-0.25, -0.2) is 4.79 Å². The maximum absolute atomic E-state index is 11.9. The Morgan fingerprint density at radius 1 is 1.16 bits per heavy atom. The van der Waals surface area contributed by atoms with Crippen LogP contribution in [0.5, 0.6) is 0 Å². The molecule has 1 atom stereocenters. The standard InChI is InChI=1S/C19H28N4O2/c1-21-11-13-22(14-12-21)10-6-5-9-18-16-23(19(24)25-18)20-15-17-7-3-2-4-8-17/h2-4,7-8,15,18H,5-6,9-14,16H2,1H3. The van der Waals surface area contributed by atoms with E-state index in [0.29, 0.717) is 6.54 Å². The van der Waals surface area contributed by atoms with Crippen molar-refractivity contribution in [3.05, 3.63) is 35.9 Å². The van der Waals surface area contributed by atoms with Crippen LogP contribution in [-0.4, -0.2) is 79.5 Å². The van der Waals surface area contributed by atoms with E-state index in [9.17, 15) is 4.79 Å². The first-order valence-electron chi connectivity index (χ1n) is 9.19. The number of benzene rings is 1. The van der Waals surface area contributed by atoms with E-state index in [1.165, 1.54) is 5.01 Å². The van der Waals surface area contributed by atoms with Gasteiger partial charge >= 0.3 is 6.09 Å². The number of likely N-dealkylation sites (N-methyl/N-ethyl adjacent to an activating group) is 1. The molecule has 0 radical (unpaired) electrons. The van der Waals surface area contributed by atoms with E-state index in [1.54, 1.807) is 6.21 Å². The Morgan fingerprint density at radius 2 is 1.92 bits per heavy atom. The molecule has 2 fully saturated rings. The van der Waals surface area contributed by atoms with Gasteiger partial charge < -0.3 is 14.5 Å². The summed E-state index contributed by atoms with van der Waals surface area (Å²) in [6, 6.07) is 9.78. The van der Waals surface area contributed by atoms with Crippen molar-refractivity contribution in [1.29, 1.82) is 0 Å². The van der Waals surface area contributed by atoms with Gasteiger partial charge in [0.2, 0.25) is 0 Å². The molecular formula is C19H28N4O2. The molecule has 1 amide bonds. The number of hydrogen-bond acceptors (Lipinski definition) is 5. The van der Waals surface area contributed by atoms with Crippen LogP contribution >= 0.6 is 0 Å². The van der Waals surface area contributed by atoms with Crippen LogP contribution in [0.4, 0.5) is 4.79 Å². The molecule has 2 aliphatic heterocycles. The zero-order chi connectivity index (χ0) is 17.5. The smallest absolute Gasteiger partial charge is 0.430 e. The predicted octanol–water partition coefficient (Wildman–Crippen LogP) is 2.26. The number of rotatable bonds is 7. The molecule has 0 aromatic heterocycles. The highest BCUT2D eigenvalue weighted by Crippen LogP contribution is 2.17. The molecule has 2 saturated heterocycles. The van der Waals surface area contributed by atoms with E-state index in [0.717, 1.165) is 57.5 Å². The summed E-state index contributed by atoms with van der Waals surface area (Å²) >= 11 is 0. The summed E-state index contributed by atoms with van der Waals surface area (Å²) in [4.78, 5) is 16.8. The van der Waals surface area contributed by atoms with E-state index in [1.807, 2.05) is 30.3 Å². The molecule has 0 N–H and O–H groups in total. The SMILES string of the molecule is CN1CCN(CCCCC2CN(N=Cc3ccccc3)C(=O)O2)CC1. The van der Waals surface area contributed by atoms with Crippen molar-refractivity contribution in [2.24, 2.45) is 5.10 Å². The Bertz CT molecular complexity index is 570. The topological polar surface area (TPSA) is 48.4 Å². The van der Waals surface area contributed by atoms with Crippen molar-refractivity contribution in [2.45, 2.75) is 25.4 Å². The fraction of sp³-hybridized carbons (Fsp3) is 0.579. The number of cyclic esters (lactones) is 1. The molecule has 0 aliphatic carbocycles. The molecule has 1 unspecified atom stereocenters. The van der Waals surface area contributed by atoms with Gasteiger partial charge in [0.15, 0.2) is 0 Å². The van der Waals surface area contributed by atoms with E-state index in [-0.39, 0.29) is 12.2 Å². The summed E-state index contributed by atoms with van der Waals surface area (Å²) in [5.41, 5.74) is 0.978. The first-order valence-corrected chi connectivity index (χ1v) is 9.19. The number of hydrogen-bond donors (Lipinski definition) is 0. The van der Waals surface area contributed by atoms with Crippen LogP contribution in [0.1, 0.15) is 24.8 Å². The van der Waals surface area contributed by atoms with Gasteiger partial charge in [-0.3, -0.25) is 0 Å². The zero-order valence-corrected chi connectivity index (χ0v) is 15.0. The van der Waals surface area contributed by atoms with Gasteiger partial charge in [0, 0.05) is 26.2 Å². The molecule has 3 rings (SSSR count). The molecule has 25 heavy (non-hydrogen) atoms. The minimum absolute atomic E-state index is 0.0343. The van der Waals surface area contributed by atoms with Crippen molar-refractivity contribution in [1.82, 2.24) is 14.8 Å². The Balaban J connectivity index is 1.34. The highest BCUT2D eigenvalue weighted by Gasteiger charge is 2.30. The Kier molecular flexibility index (Phi) is 6.42. The predicted molar refractivity (Wildman–Crippen MR) is 98.8 cm³/mol. The molecule has 6 nitrogen and oxygen atoms in total. The van der Waals surface area contributed by atoms with Gasteiger partial charge in [0.05, 0.1) is 12.8 Å². The van der Waals surface area contributed by atoms with Gasteiger partial charge in [-0.1, -0.05) is 30.3 Å². The Morgan fingerprint density at radius 3 is 2.68 bits per heavy atom. The Hall–Kier alpha value is -1.92. The zero-order valence-electron chi connectivity index (χ0n) is 15.0. The third-order valence-electron chi connectivity index (χ3n) is 4.85. The minimum Gasteiger partial charge on any atom is -0.443 e. The number of piperazine rings is 1. The summed E-state index contributed by atoms with van der Waals surface area (Å²) < 4.78 is 5.42. The summed E-state index contributed by atoms with van der Waals surface area (Å²) in [6.45, 7) is 6.35. The highest BCUT2D eigenvalue weighted by atomic mass is 16.6. The van der Waals surface area contributed by atoms with Crippen LogP contribution in [0.3, 0.4) is 0 Å². The van der Waals surface area contributed by atoms with E-state index >= 15 is 0 Å². The number of carbonyl (C=O) groups is 1. The molecule has 136 valence electrons. The van der Waals surface area contributed by atoms with Crippen LogP contribution in [0.25, 0.3) is 0 Å². The lowest BCUT2D eigenvalue weighted by Gasteiger charge is -2.32. The number of amides is 1. The van der Waals surface area contributed by atoms with Crippen molar-refractivity contribution < 1.29 is 9.53 Å². The fourth-order valence-electron chi connectivity index (χ4n) is 3.21. The molecule has 0 spiro atoms. The molecule has 0 saturated carbocycles. The number of unbranched alkanes of at least 4 members (excludes halogenated alkanes) is 1. The molecule has 1 aromatic carbocycles. The van der Waals surface area contributed by atoms with Crippen LogP contribution < -0.4 is 0 Å². The lowest BCUT2D eigenvalue weighted by atomic mass is 10.1.